The molecule has 82 valence electrons. The number of alkyl halides is 4. The average Bonchev–Trinajstić information content (AvgIpc) is 2.82. The molecule has 1 heterocycles. The SMILES string of the molecule is FC(F)(Cl)c1ncncc1CC1(Cl)CC1. The van der Waals surface area contributed by atoms with Crippen molar-refractivity contribution in [2.45, 2.75) is 29.5 Å². The molecule has 0 N–H and O–H groups in total. The molecule has 0 aromatic carbocycles. The van der Waals surface area contributed by atoms with E-state index in [1.807, 2.05) is 0 Å². The van der Waals surface area contributed by atoms with Crippen LogP contribution in [0.2, 0.25) is 0 Å². The first kappa shape index (κ1) is 11.0. The van der Waals surface area contributed by atoms with E-state index >= 15 is 0 Å². The van der Waals surface area contributed by atoms with Gasteiger partial charge in [-0.3, -0.25) is 0 Å². The van der Waals surface area contributed by atoms with Gasteiger partial charge in [-0.15, -0.1) is 11.6 Å². The second-order valence-electron chi connectivity index (χ2n) is 3.72. The fraction of sp³-hybridized carbons (Fsp3) is 0.556. The van der Waals surface area contributed by atoms with Crippen molar-refractivity contribution in [2.24, 2.45) is 0 Å². The summed E-state index contributed by atoms with van der Waals surface area (Å²) in [5, 5.41) is -3.46. The van der Waals surface area contributed by atoms with E-state index in [9.17, 15) is 8.78 Å². The molecule has 0 bridgehead atoms. The van der Waals surface area contributed by atoms with Crippen LogP contribution in [0, 0.1) is 0 Å². The van der Waals surface area contributed by atoms with Crippen LogP contribution in [0.3, 0.4) is 0 Å². The van der Waals surface area contributed by atoms with Crippen LogP contribution in [0.4, 0.5) is 8.78 Å². The first-order valence-electron chi connectivity index (χ1n) is 4.46. The lowest BCUT2D eigenvalue weighted by Gasteiger charge is -2.13. The van der Waals surface area contributed by atoms with Crippen molar-refractivity contribution in [1.82, 2.24) is 9.97 Å². The molecule has 0 atom stereocenters. The summed E-state index contributed by atoms with van der Waals surface area (Å²) in [6.07, 6.45) is 4.41. The highest BCUT2D eigenvalue weighted by Crippen LogP contribution is 2.46. The lowest BCUT2D eigenvalue weighted by atomic mass is 10.1. The molecule has 1 saturated carbocycles. The Hall–Kier alpha value is -0.480. The van der Waals surface area contributed by atoms with Crippen LogP contribution in [0.1, 0.15) is 24.1 Å². The Morgan fingerprint density at radius 1 is 1.47 bits per heavy atom. The Bertz CT molecular complexity index is 375. The molecule has 6 heteroatoms. The summed E-state index contributed by atoms with van der Waals surface area (Å²) < 4.78 is 25.9. The highest BCUT2D eigenvalue weighted by atomic mass is 35.5. The molecule has 1 fully saturated rings. The third-order valence-electron chi connectivity index (χ3n) is 2.36. The number of halogens is 4. The highest BCUT2D eigenvalue weighted by molar-refractivity contribution is 6.26. The molecule has 1 aliphatic rings. The summed E-state index contributed by atoms with van der Waals surface area (Å²) in [4.78, 5) is 6.83. The van der Waals surface area contributed by atoms with Crippen molar-refractivity contribution in [2.75, 3.05) is 0 Å². The van der Waals surface area contributed by atoms with Gasteiger partial charge in [0.1, 0.15) is 12.0 Å². The minimum Gasteiger partial charge on any atom is -0.245 e. The van der Waals surface area contributed by atoms with Crippen molar-refractivity contribution in [3.05, 3.63) is 23.8 Å². The molecule has 0 aliphatic heterocycles. The fourth-order valence-corrected chi connectivity index (χ4v) is 1.81. The normalized spacial score (nSPS) is 18.9. The first-order valence-corrected chi connectivity index (χ1v) is 5.21. The molecule has 0 unspecified atom stereocenters. The maximum absolute atomic E-state index is 12.9. The average molecular weight is 253 g/mol. The predicted molar refractivity (Wildman–Crippen MR) is 53.3 cm³/mol. The van der Waals surface area contributed by atoms with Crippen molar-refractivity contribution in [3.8, 4) is 0 Å². The number of hydrogen-bond acceptors (Lipinski definition) is 2. The summed E-state index contributed by atoms with van der Waals surface area (Å²) in [6.45, 7) is 0. The summed E-state index contributed by atoms with van der Waals surface area (Å²) >= 11 is 11.0. The van der Waals surface area contributed by atoms with Gasteiger partial charge in [0.05, 0.1) is 0 Å². The largest absolute Gasteiger partial charge is 0.365 e. The number of aromatic nitrogens is 2. The summed E-state index contributed by atoms with van der Waals surface area (Å²) in [5.41, 5.74) is -0.115. The van der Waals surface area contributed by atoms with E-state index in [-0.39, 0.29) is 4.87 Å². The van der Waals surface area contributed by atoms with Gasteiger partial charge < -0.3 is 0 Å². The van der Waals surface area contributed by atoms with Gasteiger partial charge in [0.15, 0.2) is 0 Å². The third-order valence-corrected chi connectivity index (χ3v) is 3.05. The second-order valence-corrected chi connectivity index (χ2v) is 5.00. The molecule has 2 rings (SSSR count). The minimum absolute atomic E-state index is 0.324. The van der Waals surface area contributed by atoms with Gasteiger partial charge in [0, 0.05) is 16.6 Å². The minimum atomic E-state index is -3.46. The van der Waals surface area contributed by atoms with Crippen LogP contribution in [0.5, 0.6) is 0 Å². The van der Waals surface area contributed by atoms with E-state index < -0.39 is 11.1 Å². The van der Waals surface area contributed by atoms with Crippen molar-refractivity contribution in [1.29, 1.82) is 0 Å². The Labute approximate surface area is 95.6 Å². The summed E-state index contributed by atoms with van der Waals surface area (Å²) in [5.74, 6) is 0. The van der Waals surface area contributed by atoms with Crippen LogP contribution in [-0.4, -0.2) is 14.8 Å². The van der Waals surface area contributed by atoms with Gasteiger partial charge in [-0.05, 0) is 30.9 Å². The first-order chi connectivity index (χ1) is 6.91. The lowest BCUT2D eigenvalue weighted by molar-refractivity contribution is 0.0885. The topological polar surface area (TPSA) is 25.8 Å². The molecule has 1 aromatic rings. The van der Waals surface area contributed by atoms with Crippen LogP contribution < -0.4 is 0 Å². The molecular weight excluding hydrogens is 245 g/mol. The summed E-state index contributed by atoms with van der Waals surface area (Å²) in [6, 6.07) is 0. The van der Waals surface area contributed by atoms with Gasteiger partial charge in [0.25, 0.3) is 0 Å². The van der Waals surface area contributed by atoms with E-state index in [4.69, 9.17) is 23.2 Å². The zero-order chi connectivity index (χ0) is 11.1. The molecule has 1 aliphatic carbocycles. The van der Waals surface area contributed by atoms with Crippen molar-refractivity contribution >= 4 is 23.2 Å². The van der Waals surface area contributed by atoms with Crippen molar-refractivity contribution < 1.29 is 8.78 Å². The highest BCUT2D eigenvalue weighted by Gasteiger charge is 2.43. The van der Waals surface area contributed by atoms with E-state index in [0.717, 1.165) is 19.2 Å². The van der Waals surface area contributed by atoms with Crippen LogP contribution >= 0.6 is 23.2 Å². The molecule has 2 nitrogen and oxygen atoms in total. The fourth-order valence-electron chi connectivity index (χ4n) is 1.40. The molecule has 1 aromatic heterocycles. The quantitative estimate of drug-likeness (QED) is 0.773. The zero-order valence-corrected chi connectivity index (χ0v) is 9.19. The molecule has 0 radical (unpaired) electrons. The van der Waals surface area contributed by atoms with Crippen molar-refractivity contribution in [3.63, 3.8) is 0 Å². The van der Waals surface area contributed by atoms with E-state index in [1.54, 1.807) is 0 Å². The smallest absolute Gasteiger partial charge is 0.245 e. The maximum atomic E-state index is 12.9. The predicted octanol–water partition coefficient (Wildman–Crippen LogP) is 3.08. The van der Waals surface area contributed by atoms with Gasteiger partial charge in [-0.25, -0.2) is 9.97 Å². The van der Waals surface area contributed by atoms with Gasteiger partial charge in [0.2, 0.25) is 0 Å². The number of nitrogens with zero attached hydrogens (tertiary/aromatic N) is 2. The zero-order valence-electron chi connectivity index (χ0n) is 7.68. The Morgan fingerprint density at radius 2 is 2.13 bits per heavy atom. The monoisotopic (exact) mass is 252 g/mol. The Kier molecular flexibility index (Phi) is 2.59. The second kappa shape index (κ2) is 3.52. The lowest BCUT2D eigenvalue weighted by Crippen LogP contribution is -2.14. The molecular formula is C9H8Cl2F2N2. The maximum Gasteiger partial charge on any atom is 0.365 e. The Balaban J connectivity index is 2.30. The number of rotatable bonds is 3. The van der Waals surface area contributed by atoms with E-state index in [1.165, 1.54) is 6.20 Å². The van der Waals surface area contributed by atoms with Gasteiger partial charge in [-0.2, -0.15) is 8.78 Å². The van der Waals surface area contributed by atoms with E-state index in [0.29, 0.717) is 12.0 Å². The molecule has 0 saturated heterocycles. The van der Waals surface area contributed by atoms with Gasteiger partial charge in [-0.1, -0.05) is 0 Å². The van der Waals surface area contributed by atoms with Crippen LogP contribution in [0.15, 0.2) is 12.5 Å². The van der Waals surface area contributed by atoms with E-state index in [2.05, 4.69) is 9.97 Å². The molecule has 0 spiro atoms. The standard InChI is InChI=1S/C9H8Cl2F2N2/c10-8(1-2-8)3-6-4-14-5-15-7(6)9(11,12)13/h4-5H,1-3H2. The van der Waals surface area contributed by atoms with Crippen LogP contribution in [0.25, 0.3) is 0 Å². The number of hydrogen-bond donors (Lipinski definition) is 0. The molecule has 15 heavy (non-hydrogen) atoms. The Morgan fingerprint density at radius 3 is 2.67 bits per heavy atom. The van der Waals surface area contributed by atoms with Gasteiger partial charge >= 0.3 is 5.38 Å². The third kappa shape index (κ3) is 2.55. The van der Waals surface area contributed by atoms with Crippen LogP contribution in [-0.2, 0) is 11.8 Å². The molecule has 0 amide bonds. The summed E-state index contributed by atoms with van der Waals surface area (Å²) in [7, 11) is 0.